The van der Waals surface area contributed by atoms with Gasteiger partial charge in [-0.1, -0.05) is 12.1 Å². The molecule has 0 atom stereocenters. The van der Waals surface area contributed by atoms with Crippen molar-refractivity contribution in [3.63, 3.8) is 0 Å². The van der Waals surface area contributed by atoms with Gasteiger partial charge in [-0.3, -0.25) is 4.79 Å². The van der Waals surface area contributed by atoms with Crippen LogP contribution in [0.1, 0.15) is 12.5 Å². The number of rotatable bonds is 2. The van der Waals surface area contributed by atoms with Gasteiger partial charge in [0.15, 0.2) is 5.78 Å². The summed E-state index contributed by atoms with van der Waals surface area (Å²) in [6.45, 7) is 1.29. The quantitative estimate of drug-likeness (QED) is 0.560. The summed E-state index contributed by atoms with van der Waals surface area (Å²) >= 11 is 0. The molecule has 0 radical (unpaired) electrons. The number of hydrogen-bond acceptors (Lipinski definition) is 2. The molecule has 0 aliphatic heterocycles. The Morgan fingerprint density at radius 3 is 2.62 bits per heavy atom. The van der Waals surface area contributed by atoms with Crippen LogP contribution in [0.25, 0.3) is 5.76 Å². The van der Waals surface area contributed by atoms with Crippen molar-refractivity contribution in [3.8, 4) is 0 Å². The lowest BCUT2D eigenvalue weighted by Gasteiger charge is -1.99. The van der Waals surface area contributed by atoms with Crippen molar-refractivity contribution in [2.75, 3.05) is 0 Å². The predicted octanol–water partition coefficient (Wildman–Crippen LogP) is 2.31. The lowest BCUT2D eigenvalue weighted by atomic mass is 10.1. The number of aliphatic hydroxyl groups is 1. The highest BCUT2D eigenvalue weighted by Gasteiger charge is 2.05. The Morgan fingerprint density at radius 1 is 1.46 bits per heavy atom. The van der Waals surface area contributed by atoms with Crippen LogP contribution in [-0.4, -0.2) is 10.9 Å². The van der Waals surface area contributed by atoms with Crippen LogP contribution in [0.2, 0.25) is 0 Å². The van der Waals surface area contributed by atoms with Crippen LogP contribution in [0, 0.1) is 5.82 Å². The average molecular weight is 180 g/mol. The van der Waals surface area contributed by atoms with Crippen LogP contribution in [-0.2, 0) is 4.79 Å². The lowest BCUT2D eigenvalue weighted by Crippen LogP contribution is -1.91. The summed E-state index contributed by atoms with van der Waals surface area (Å²) < 4.78 is 13.0. The minimum atomic E-state index is -0.544. The van der Waals surface area contributed by atoms with E-state index in [2.05, 4.69) is 0 Å². The van der Waals surface area contributed by atoms with Crippen molar-refractivity contribution in [2.24, 2.45) is 0 Å². The molecule has 13 heavy (non-hydrogen) atoms. The third kappa shape index (κ3) is 2.40. The first-order valence-corrected chi connectivity index (χ1v) is 3.77. The van der Waals surface area contributed by atoms with Crippen LogP contribution in [0.4, 0.5) is 4.39 Å². The number of ketones is 1. The Kier molecular flexibility index (Phi) is 2.80. The van der Waals surface area contributed by atoms with Gasteiger partial charge >= 0.3 is 0 Å². The highest BCUT2D eigenvalue weighted by molar-refractivity contribution is 5.93. The molecule has 1 N–H and O–H groups in total. The molecule has 0 aromatic heterocycles. The van der Waals surface area contributed by atoms with Gasteiger partial charge in [0.05, 0.1) is 5.56 Å². The van der Waals surface area contributed by atoms with E-state index in [1.165, 1.54) is 25.1 Å². The molecule has 0 aliphatic carbocycles. The van der Waals surface area contributed by atoms with E-state index >= 15 is 0 Å². The molecule has 0 saturated carbocycles. The predicted molar refractivity (Wildman–Crippen MR) is 47.7 cm³/mol. The van der Waals surface area contributed by atoms with Crippen molar-refractivity contribution < 1.29 is 14.3 Å². The summed E-state index contributed by atoms with van der Waals surface area (Å²) in [6.07, 6.45) is 0.985. The molecular weight excluding hydrogens is 171 g/mol. The zero-order valence-corrected chi connectivity index (χ0v) is 7.12. The van der Waals surface area contributed by atoms with Gasteiger partial charge in [-0.2, -0.15) is 0 Å². The van der Waals surface area contributed by atoms with E-state index in [0.29, 0.717) is 0 Å². The second-order valence-corrected chi connectivity index (χ2v) is 2.62. The number of benzene rings is 1. The molecule has 1 rings (SSSR count). The fraction of sp³-hybridized carbons (Fsp3) is 0.100. The molecule has 0 saturated heterocycles. The van der Waals surface area contributed by atoms with E-state index in [0.717, 1.165) is 6.08 Å². The van der Waals surface area contributed by atoms with Gasteiger partial charge < -0.3 is 5.11 Å². The van der Waals surface area contributed by atoms with Crippen molar-refractivity contribution in [1.29, 1.82) is 0 Å². The number of hydrogen-bond donors (Lipinski definition) is 1. The van der Waals surface area contributed by atoms with E-state index in [-0.39, 0.29) is 17.1 Å². The topological polar surface area (TPSA) is 37.3 Å². The maximum Gasteiger partial charge on any atom is 0.156 e. The van der Waals surface area contributed by atoms with Gasteiger partial charge in [-0.05, 0) is 19.1 Å². The zero-order chi connectivity index (χ0) is 9.84. The Labute approximate surface area is 75.3 Å². The summed E-state index contributed by atoms with van der Waals surface area (Å²) in [5.41, 5.74) is 0.0395. The first kappa shape index (κ1) is 9.45. The molecule has 2 nitrogen and oxygen atoms in total. The van der Waals surface area contributed by atoms with Crippen molar-refractivity contribution in [3.05, 3.63) is 41.7 Å². The van der Waals surface area contributed by atoms with E-state index in [9.17, 15) is 14.3 Å². The highest BCUT2D eigenvalue weighted by Crippen LogP contribution is 2.14. The fourth-order valence-electron chi connectivity index (χ4n) is 0.939. The van der Waals surface area contributed by atoms with E-state index < -0.39 is 5.82 Å². The molecule has 3 heteroatoms. The van der Waals surface area contributed by atoms with Crippen LogP contribution in [0.15, 0.2) is 30.3 Å². The molecule has 0 bridgehead atoms. The molecule has 0 amide bonds. The van der Waals surface area contributed by atoms with Crippen LogP contribution >= 0.6 is 0 Å². The van der Waals surface area contributed by atoms with Crippen molar-refractivity contribution in [1.82, 2.24) is 0 Å². The van der Waals surface area contributed by atoms with Gasteiger partial charge in [-0.15, -0.1) is 0 Å². The molecule has 0 heterocycles. The van der Waals surface area contributed by atoms with Gasteiger partial charge in [0.25, 0.3) is 0 Å². The van der Waals surface area contributed by atoms with Crippen LogP contribution in [0.3, 0.4) is 0 Å². The summed E-state index contributed by atoms with van der Waals surface area (Å²) in [5.74, 6) is -1.20. The van der Waals surface area contributed by atoms with E-state index in [4.69, 9.17) is 0 Å². The minimum absolute atomic E-state index is 0.0395. The second-order valence-electron chi connectivity index (χ2n) is 2.62. The summed E-state index contributed by atoms with van der Waals surface area (Å²) in [5, 5.41) is 9.27. The second kappa shape index (κ2) is 3.85. The average Bonchev–Trinajstić information content (AvgIpc) is 2.03. The summed E-state index contributed by atoms with van der Waals surface area (Å²) in [6, 6.07) is 5.73. The highest BCUT2D eigenvalue weighted by atomic mass is 19.1. The molecule has 1 aromatic carbocycles. The molecule has 68 valence electrons. The monoisotopic (exact) mass is 180 g/mol. The first-order chi connectivity index (χ1) is 6.11. The van der Waals surface area contributed by atoms with Crippen LogP contribution < -0.4 is 0 Å². The Bertz CT molecular complexity index is 356. The molecule has 0 fully saturated rings. The summed E-state index contributed by atoms with van der Waals surface area (Å²) in [4.78, 5) is 10.6. The molecular formula is C10H9FO2. The number of halogens is 1. The number of carbonyl (C=O) groups is 1. The smallest absolute Gasteiger partial charge is 0.156 e. The first-order valence-electron chi connectivity index (χ1n) is 3.77. The van der Waals surface area contributed by atoms with E-state index in [1.54, 1.807) is 6.07 Å². The summed E-state index contributed by atoms with van der Waals surface area (Å²) in [7, 11) is 0. The lowest BCUT2D eigenvalue weighted by molar-refractivity contribution is -0.112. The third-order valence-electron chi connectivity index (χ3n) is 1.49. The molecule has 1 aromatic rings. The Balaban J connectivity index is 3.08. The van der Waals surface area contributed by atoms with Gasteiger partial charge in [0.1, 0.15) is 11.6 Å². The normalized spacial score (nSPS) is 11.4. The molecule has 0 unspecified atom stereocenters. The van der Waals surface area contributed by atoms with Gasteiger partial charge in [0.2, 0.25) is 0 Å². The van der Waals surface area contributed by atoms with Crippen molar-refractivity contribution in [2.45, 2.75) is 6.92 Å². The minimum Gasteiger partial charge on any atom is -0.507 e. The van der Waals surface area contributed by atoms with Crippen molar-refractivity contribution >= 4 is 11.5 Å². The SMILES string of the molecule is CC(=O)C=C(O)c1ccccc1F. The fourth-order valence-corrected chi connectivity index (χ4v) is 0.939. The maximum atomic E-state index is 13.0. The molecule has 0 aliphatic rings. The number of aliphatic hydroxyl groups excluding tert-OH is 1. The number of carbonyl (C=O) groups excluding carboxylic acids is 1. The zero-order valence-electron chi connectivity index (χ0n) is 7.12. The third-order valence-corrected chi connectivity index (χ3v) is 1.49. The Morgan fingerprint density at radius 2 is 2.08 bits per heavy atom. The number of allylic oxidation sites excluding steroid dienone is 1. The van der Waals surface area contributed by atoms with Gasteiger partial charge in [0, 0.05) is 6.08 Å². The maximum absolute atomic E-state index is 13.0. The van der Waals surface area contributed by atoms with Gasteiger partial charge in [-0.25, -0.2) is 4.39 Å². The van der Waals surface area contributed by atoms with Crippen LogP contribution in [0.5, 0.6) is 0 Å². The largest absolute Gasteiger partial charge is 0.507 e. The molecule has 0 spiro atoms. The van der Waals surface area contributed by atoms with E-state index in [1.807, 2.05) is 0 Å². The standard InChI is InChI=1S/C10H9FO2/c1-7(12)6-10(13)8-4-2-3-5-9(8)11/h2-6,13H,1H3. The Hall–Kier alpha value is -1.64.